The minimum Gasteiger partial charge on any atom is -0.462 e. The summed E-state index contributed by atoms with van der Waals surface area (Å²) in [7, 11) is 1.44. The molecule has 9 nitrogen and oxygen atoms in total. The Bertz CT molecular complexity index is 1560. The third kappa shape index (κ3) is 51.8. The first-order valence-electron chi connectivity index (χ1n) is 26.3. The molecule has 0 heterocycles. The van der Waals surface area contributed by atoms with Crippen molar-refractivity contribution < 1.29 is 42.1 Å². The summed E-state index contributed by atoms with van der Waals surface area (Å²) in [5.74, 6) is -0.843. The Kier molecular flexibility index (Phi) is 45.9. The van der Waals surface area contributed by atoms with Crippen LogP contribution in [0.4, 0.5) is 0 Å². The summed E-state index contributed by atoms with van der Waals surface area (Å²) >= 11 is 0. The highest BCUT2D eigenvalue weighted by atomic mass is 31.2. The lowest BCUT2D eigenvalue weighted by molar-refractivity contribution is -0.870. The molecule has 0 aromatic rings. The molecule has 0 aromatic heterocycles. The van der Waals surface area contributed by atoms with E-state index in [9.17, 15) is 19.0 Å². The summed E-state index contributed by atoms with van der Waals surface area (Å²) in [6.45, 7) is 4.21. The molecule has 1 N–H and O–H groups in total. The molecular weight excluding hydrogens is 870 g/mol. The second-order valence-corrected chi connectivity index (χ2v) is 19.6. The lowest BCUT2D eigenvalue weighted by Crippen LogP contribution is -2.37. The van der Waals surface area contributed by atoms with Crippen molar-refractivity contribution >= 4 is 19.8 Å². The molecule has 386 valence electrons. The van der Waals surface area contributed by atoms with E-state index in [1.807, 2.05) is 21.1 Å². The highest BCUT2D eigenvalue weighted by Gasteiger charge is 2.27. The number of rotatable bonds is 46. The predicted octanol–water partition coefficient (Wildman–Crippen LogP) is 16.0. The number of allylic oxidation sites excluding steroid dienone is 20. The van der Waals surface area contributed by atoms with Gasteiger partial charge in [-0.05, 0) is 103 Å². The van der Waals surface area contributed by atoms with E-state index in [-0.39, 0.29) is 32.0 Å². The van der Waals surface area contributed by atoms with Crippen LogP contribution in [-0.2, 0) is 32.7 Å². The van der Waals surface area contributed by atoms with Crippen LogP contribution in [0.5, 0.6) is 0 Å². The molecule has 0 saturated carbocycles. The van der Waals surface area contributed by atoms with Crippen LogP contribution in [0.1, 0.15) is 181 Å². The fourth-order valence-corrected chi connectivity index (χ4v) is 7.14. The Hall–Kier alpha value is -3.59. The van der Waals surface area contributed by atoms with E-state index < -0.39 is 26.5 Å². The zero-order valence-corrected chi connectivity index (χ0v) is 44.4. The summed E-state index contributed by atoms with van der Waals surface area (Å²) in [6.07, 6.45) is 68.4. The lowest BCUT2D eigenvalue weighted by Gasteiger charge is -2.24. The van der Waals surface area contributed by atoms with Gasteiger partial charge in [-0.25, -0.2) is 4.57 Å². The average molecular weight is 967 g/mol. The Morgan fingerprint density at radius 1 is 0.471 bits per heavy atom. The van der Waals surface area contributed by atoms with Crippen molar-refractivity contribution in [3.8, 4) is 0 Å². The van der Waals surface area contributed by atoms with Crippen LogP contribution in [0.2, 0.25) is 0 Å². The highest BCUT2D eigenvalue weighted by molar-refractivity contribution is 7.47. The standard InChI is InChI=1S/C58H96NO8P/c1-6-8-10-12-14-16-18-19-20-21-22-23-24-25-26-27-28-29-30-31-32-33-34-35-36-37-38-39-41-43-45-47-49-51-58(61)67-56(55-66-68(62,63)65-53-52-59(3,4)5)54-64-57(60)50-48-46-44-42-40-17-15-13-11-9-7-2/h8,10,13-16,19-20,22-23,25-26,28-29,31-32,34-35,37-38,56H,6-7,9,11-12,17-18,21,24,27,30,33,36,39-55H2,1-5H3/p+1/b10-8-,15-13-,16-14-,20-19-,23-22-,26-25-,29-28-,32-31-,35-34-,38-37-. The molecule has 10 heteroatoms. The molecule has 2 unspecified atom stereocenters. The number of carbonyl (C=O) groups is 2. The van der Waals surface area contributed by atoms with Gasteiger partial charge < -0.3 is 18.9 Å². The molecule has 0 amide bonds. The molecule has 0 rings (SSSR count). The lowest BCUT2D eigenvalue weighted by atomic mass is 10.1. The van der Waals surface area contributed by atoms with Gasteiger partial charge in [-0.1, -0.05) is 187 Å². The number of hydrogen-bond donors (Lipinski definition) is 1. The summed E-state index contributed by atoms with van der Waals surface area (Å²) in [5.41, 5.74) is 0. The number of phosphoric acid groups is 1. The number of esters is 2. The molecular formula is C58H97NO8P+. The van der Waals surface area contributed by atoms with Gasteiger partial charge in [0.1, 0.15) is 19.8 Å². The van der Waals surface area contributed by atoms with Crippen molar-refractivity contribution in [1.29, 1.82) is 0 Å². The van der Waals surface area contributed by atoms with Gasteiger partial charge in [0.05, 0.1) is 27.7 Å². The first kappa shape index (κ1) is 64.4. The minimum absolute atomic E-state index is 0.0196. The van der Waals surface area contributed by atoms with Gasteiger partial charge in [-0.3, -0.25) is 18.6 Å². The molecule has 0 radical (unpaired) electrons. The fourth-order valence-electron chi connectivity index (χ4n) is 6.40. The maximum absolute atomic E-state index is 12.7. The van der Waals surface area contributed by atoms with Crippen molar-refractivity contribution in [3.05, 3.63) is 122 Å². The third-order valence-corrected chi connectivity index (χ3v) is 11.5. The van der Waals surface area contributed by atoms with Gasteiger partial charge in [0.2, 0.25) is 0 Å². The summed E-state index contributed by atoms with van der Waals surface area (Å²) in [6, 6.07) is 0. The van der Waals surface area contributed by atoms with Crippen LogP contribution in [0, 0.1) is 0 Å². The maximum Gasteiger partial charge on any atom is 0.472 e. The maximum atomic E-state index is 12.7. The Morgan fingerprint density at radius 2 is 0.838 bits per heavy atom. The quantitative estimate of drug-likeness (QED) is 0.0211. The molecule has 0 saturated heterocycles. The number of hydrogen-bond acceptors (Lipinski definition) is 7. The SMILES string of the molecule is CC/C=C\C/C=C\C/C=C\C/C=C\C/C=C\C/C=C\C/C=C\C/C=C\C/C=C\CCCCCCCC(=O)OC(COC(=O)CCCCCCC/C=C\CCCC)COP(=O)(O)OCC[N+](C)(C)C. The summed E-state index contributed by atoms with van der Waals surface area (Å²) in [5, 5.41) is 0. The van der Waals surface area contributed by atoms with Crippen molar-refractivity contribution in [1.82, 2.24) is 0 Å². The molecule has 0 fully saturated rings. The van der Waals surface area contributed by atoms with Crippen molar-refractivity contribution in [2.45, 2.75) is 187 Å². The van der Waals surface area contributed by atoms with E-state index in [4.69, 9.17) is 18.5 Å². The molecule has 0 bridgehead atoms. The minimum atomic E-state index is -4.39. The third-order valence-electron chi connectivity index (χ3n) is 10.5. The van der Waals surface area contributed by atoms with Gasteiger partial charge in [0, 0.05) is 12.8 Å². The first-order valence-corrected chi connectivity index (χ1v) is 27.8. The van der Waals surface area contributed by atoms with E-state index in [1.165, 1.54) is 12.8 Å². The van der Waals surface area contributed by atoms with Gasteiger partial charge in [-0.15, -0.1) is 0 Å². The molecule has 0 aliphatic heterocycles. The van der Waals surface area contributed by atoms with Crippen LogP contribution in [-0.4, -0.2) is 74.9 Å². The van der Waals surface area contributed by atoms with Crippen LogP contribution in [0.15, 0.2) is 122 Å². The summed E-state index contributed by atoms with van der Waals surface area (Å²) < 4.78 is 34.3. The number of unbranched alkanes of at least 4 members (excludes halogenated alkanes) is 12. The van der Waals surface area contributed by atoms with Crippen LogP contribution in [0.3, 0.4) is 0 Å². The van der Waals surface area contributed by atoms with Crippen molar-refractivity contribution in [2.75, 3.05) is 47.5 Å². The van der Waals surface area contributed by atoms with Gasteiger partial charge in [0.15, 0.2) is 6.10 Å². The topological polar surface area (TPSA) is 108 Å². The van der Waals surface area contributed by atoms with Crippen LogP contribution < -0.4 is 0 Å². The first-order chi connectivity index (χ1) is 33.0. The van der Waals surface area contributed by atoms with E-state index in [2.05, 4.69) is 135 Å². The Balaban J connectivity index is 4.23. The van der Waals surface area contributed by atoms with Crippen molar-refractivity contribution in [3.63, 3.8) is 0 Å². The largest absolute Gasteiger partial charge is 0.472 e. The number of nitrogens with zero attached hydrogens (tertiary/aromatic N) is 1. The second kappa shape index (κ2) is 48.4. The monoisotopic (exact) mass is 967 g/mol. The number of carbonyl (C=O) groups excluding carboxylic acids is 2. The van der Waals surface area contributed by atoms with Crippen molar-refractivity contribution in [2.24, 2.45) is 0 Å². The summed E-state index contributed by atoms with van der Waals surface area (Å²) in [4.78, 5) is 35.4. The smallest absolute Gasteiger partial charge is 0.462 e. The van der Waals surface area contributed by atoms with Crippen LogP contribution >= 0.6 is 7.82 Å². The zero-order chi connectivity index (χ0) is 49.9. The second-order valence-electron chi connectivity index (χ2n) is 18.2. The van der Waals surface area contributed by atoms with Gasteiger partial charge in [0.25, 0.3) is 0 Å². The number of phosphoric ester groups is 1. The molecule has 68 heavy (non-hydrogen) atoms. The van der Waals surface area contributed by atoms with E-state index in [1.54, 1.807) is 0 Å². The van der Waals surface area contributed by atoms with E-state index in [0.29, 0.717) is 17.4 Å². The van der Waals surface area contributed by atoms with E-state index >= 15 is 0 Å². The van der Waals surface area contributed by atoms with Gasteiger partial charge in [-0.2, -0.15) is 0 Å². The fraction of sp³-hybridized carbons (Fsp3) is 0.621. The predicted molar refractivity (Wildman–Crippen MR) is 288 cm³/mol. The molecule has 0 aliphatic carbocycles. The highest BCUT2D eigenvalue weighted by Crippen LogP contribution is 2.43. The molecule has 0 spiro atoms. The normalized spacial score (nSPS) is 14.4. The average Bonchev–Trinajstić information content (AvgIpc) is 3.30. The number of quaternary nitrogens is 1. The Labute approximate surface area is 416 Å². The molecule has 0 aromatic carbocycles. The van der Waals surface area contributed by atoms with E-state index in [0.717, 1.165) is 135 Å². The number of likely N-dealkylation sites (N-methyl/N-ethyl adjacent to an activating group) is 1. The van der Waals surface area contributed by atoms with Crippen LogP contribution in [0.25, 0.3) is 0 Å². The number of ether oxygens (including phenoxy) is 2. The molecule has 0 aliphatic rings. The zero-order valence-electron chi connectivity index (χ0n) is 43.5. The van der Waals surface area contributed by atoms with Gasteiger partial charge >= 0.3 is 19.8 Å². The Morgan fingerprint density at radius 3 is 1.26 bits per heavy atom. The molecule has 2 atom stereocenters.